The first-order valence-corrected chi connectivity index (χ1v) is 5.47. The van der Waals surface area contributed by atoms with Gasteiger partial charge in [0.25, 0.3) is 0 Å². The number of benzene rings is 1. The molecule has 2 saturated heterocycles. The van der Waals surface area contributed by atoms with Gasteiger partial charge in [-0.2, -0.15) is 0 Å². The molecule has 0 spiro atoms. The Balaban J connectivity index is 2.03. The predicted octanol–water partition coefficient (Wildman–Crippen LogP) is 1.54. The Labute approximate surface area is 84.9 Å². The second kappa shape index (κ2) is 3.07. The highest BCUT2D eigenvalue weighted by Crippen LogP contribution is 2.38. The van der Waals surface area contributed by atoms with Gasteiger partial charge in [0.2, 0.25) is 0 Å². The molecule has 2 aliphatic rings. The topological polar surface area (TPSA) is 15.3 Å². The van der Waals surface area contributed by atoms with E-state index in [4.69, 9.17) is 0 Å². The summed E-state index contributed by atoms with van der Waals surface area (Å²) in [5.74, 6) is 0. The average Bonchev–Trinajstić information content (AvgIpc) is 2.77. The van der Waals surface area contributed by atoms with Gasteiger partial charge in [0.1, 0.15) is 0 Å². The van der Waals surface area contributed by atoms with Crippen molar-refractivity contribution in [2.45, 2.75) is 18.5 Å². The minimum absolute atomic E-state index is 0.182. The molecule has 0 bridgehead atoms. The van der Waals surface area contributed by atoms with Gasteiger partial charge in [-0.3, -0.25) is 10.2 Å². The van der Waals surface area contributed by atoms with Gasteiger partial charge in [-0.15, -0.1) is 0 Å². The van der Waals surface area contributed by atoms with Gasteiger partial charge in [-0.25, -0.2) is 0 Å². The SMILES string of the molecule is c1ccc([C@]23CCCN2CCN3)cc1. The van der Waals surface area contributed by atoms with Crippen molar-refractivity contribution in [2.75, 3.05) is 19.6 Å². The van der Waals surface area contributed by atoms with Crippen molar-refractivity contribution in [3.63, 3.8) is 0 Å². The summed E-state index contributed by atoms with van der Waals surface area (Å²) in [7, 11) is 0. The standard InChI is InChI=1S/C12H16N2/c1-2-5-11(6-3-1)12-7-4-9-14(12)10-8-13-12/h1-3,5-6,13H,4,7-10H2/t12-/m0/s1. The molecule has 2 fully saturated rings. The van der Waals surface area contributed by atoms with Crippen molar-refractivity contribution in [3.05, 3.63) is 35.9 Å². The third kappa shape index (κ3) is 1.04. The molecule has 0 saturated carbocycles. The first-order valence-electron chi connectivity index (χ1n) is 5.47. The lowest BCUT2D eigenvalue weighted by atomic mass is 9.98. The van der Waals surface area contributed by atoms with Gasteiger partial charge >= 0.3 is 0 Å². The second-order valence-corrected chi connectivity index (χ2v) is 4.24. The first kappa shape index (κ1) is 8.45. The fourth-order valence-electron chi connectivity index (χ4n) is 2.92. The fraction of sp³-hybridized carbons (Fsp3) is 0.500. The van der Waals surface area contributed by atoms with Crippen LogP contribution in [0.4, 0.5) is 0 Å². The van der Waals surface area contributed by atoms with Crippen molar-refractivity contribution in [3.8, 4) is 0 Å². The molecule has 2 heterocycles. The minimum Gasteiger partial charge on any atom is -0.294 e. The molecule has 1 N–H and O–H groups in total. The molecule has 1 atom stereocenters. The summed E-state index contributed by atoms with van der Waals surface area (Å²) in [6.07, 6.45) is 2.58. The highest BCUT2D eigenvalue weighted by molar-refractivity contribution is 5.26. The molecule has 0 aliphatic carbocycles. The molecule has 2 nitrogen and oxygen atoms in total. The van der Waals surface area contributed by atoms with Crippen LogP contribution in [0.2, 0.25) is 0 Å². The molecule has 0 radical (unpaired) electrons. The van der Waals surface area contributed by atoms with Gasteiger partial charge in [-0.05, 0) is 18.4 Å². The number of hydrogen-bond donors (Lipinski definition) is 1. The van der Waals surface area contributed by atoms with E-state index in [9.17, 15) is 0 Å². The average molecular weight is 188 g/mol. The number of hydrogen-bond acceptors (Lipinski definition) is 2. The Hall–Kier alpha value is -0.860. The van der Waals surface area contributed by atoms with Gasteiger partial charge in [0.05, 0.1) is 5.66 Å². The summed E-state index contributed by atoms with van der Waals surface area (Å²) < 4.78 is 0. The molecule has 2 aliphatic heterocycles. The highest BCUT2D eigenvalue weighted by atomic mass is 15.4. The highest BCUT2D eigenvalue weighted by Gasteiger charge is 2.44. The molecule has 1 aromatic rings. The van der Waals surface area contributed by atoms with E-state index in [1.165, 1.54) is 31.5 Å². The van der Waals surface area contributed by atoms with Crippen molar-refractivity contribution < 1.29 is 0 Å². The van der Waals surface area contributed by atoms with Crippen LogP contribution >= 0.6 is 0 Å². The van der Waals surface area contributed by atoms with Crippen molar-refractivity contribution in [2.24, 2.45) is 0 Å². The largest absolute Gasteiger partial charge is 0.294 e. The lowest BCUT2D eigenvalue weighted by Gasteiger charge is -2.32. The summed E-state index contributed by atoms with van der Waals surface area (Å²) in [5, 5.41) is 3.67. The first-order chi connectivity index (χ1) is 6.92. The third-order valence-electron chi connectivity index (χ3n) is 3.56. The molecular formula is C12H16N2. The zero-order chi connectivity index (χ0) is 9.43. The van der Waals surface area contributed by atoms with E-state index in [2.05, 4.69) is 40.5 Å². The number of fused-ring (bicyclic) bond motifs is 1. The summed E-state index contributed by atoms with van der Waals surface area (Å²) in [4.78, 5) is 2.59. The quantitative estimate of drug-likeness (QED) is 0.719. The van der Waals surface area contributed by atoms with Crippen LogP contribution in [0.25, 0.3) is 0 Å². The van der Waals surface area contributed by atoms with Crippen molar-refractivity contribution >= 4 is 0 Å². The Morgan fingerprint density at radius 3 is 2.86 bits per heavy atom. The zero-order valence-electron chi connectivity index (χ0n) is 8.37. The molecule has 14 heavy (non-hydrogen) atoms. The summed E-state index contributed by atoms with van der Waals surface area (Å²) in [6, 6.07) is 10.9. The Morgan fingerprint density at radius 1 is 1.14 bits per heavy atom. The van der Waals surface area contributed by atoms with Crippen LogP contribution in [0.5, 0.6) is 0 Å². The molecule has 0 amide bonds. The molecule has 0 unspecified atom stereocenters. The molecule has 1 aromatic carbocycles. The normalized spacial score (nSPS) is 32.0. The maximum atomic E-state index is 3.67. The van der Waals surface area contributed by atoms with E-state index in [0.29, 0.717) is 0 Å². The Morgan fingerprint density at radius 2 is 2.00 bits per heavy atom. The lowest BCUT2D eigenvalue weighted by Crippen LogP contribution is -2.43. The fourth-order valence-corrected chi connectivity index (χ4v) is 2.92. The van der Waals surface area contributed by atoms with Gasteiger partial charge in [-0.1, -0.05) is 30.3 Å². The summed E-state index contributed by atoms with van der Waals surface area (Å²) in [6.45, 7) is 3.59. The van der Waals surface area contributed by atoms with E-state index in [1.54, 1.807) is 0 Å². The molecule has 0 aromatic heterocycles. The van der Waals surface area contributed by atoms with E-state index in [-0.39, 0.29) is 5.66 Å². The van der Waals surface area contributed by atoms with Crippen molar-refractivity contribution in [1.82, 2.24) is 10.2 Å². The van der Waals surface area contributed by atoms with E-state index in [0.717, 1.165) is 6.54 Å². The summed E-state index contributed by atoms with van der Waals surface area (Å²) in [5.41, 5.74) is 1.62. The van der Waals surface area contributed by atoms with Crippen LogP contribution in [0.3, 0.4) is 0 Å². The number of nitrogens with one attached hydrogen (secondary N) is 1. The van der Waals surface area contributed by atoms with E-state index < -0.39 is 0 Å². The smallest absolute Gasteiger partial charge is 0.0976 e. The minimum atomic E-state index is 0.182. The number of nitrogens with zero attached hydrogens (tertiary/aromatic N) is 1. The maximum Gasteiger partial charge on any atom is 0.0976 e. The van der Waals surface area contributed by atoms with Crippen LogP contribution < -0.4 is 5.32 Å². The molecular weight excluding hydrogens is 172 g/mol. The van der Waals surface area contributed by atoms with Crippen LogP contribution in [0.1, 0.15) is 18.4 Å². The summed E-state index contributed by atoms with van der Waals surface area (Å²) >= 11 is 0. The van der Waals surface area contributed by atoms with Gasteiger partial charge in [0, 0.05) is 19.6 Å². The predicted molar refractivity (Wildman–Crippen MR) is 56.9 cm³/mol. The van der Waals surface area contributed by atoms with Gasteiger partial charge in [0.15, 0.2) is 0 Å². The third-order valence-corrected chi connectivity index (χ3v) is 3.56. The lowest BCUT2D eigenvalue weighted by molar-refractivity contribution is 0.175. The molecule has 74 valence electrons. The van der Waals surface area contributed by atoms with E-state index in [1.807, 2.05) is 0 Å². The van der Waals surface area contributed by atoms with Crippen LogP contribution in [0.15, 0.2) is 30.3 Å². The Kier molecular flexibility index (Phi) is 1.85. The maximum absolute atomic E-state index is 3.67. The van der Waals surface area contributed by atoms with Gasteiger partial charge < -0.3 is 0 Å². The molecule has 2 heteroatoms. The van der Waals surface area contributed by atoms with Crippen LogP contribution in [-0.2, 0) is 5.66 Å². The molecule has 3 rings (SSSR count). The van der Waals surface area contributed by atoms with Crippen LogP contribution in [0, 0.1) is 0 Å². The zero-order valence-corrected chi connectivity index (χ0v) is 8.37. The van der Waals surface area contributed by atoms with Crippen LogP contribution in [-0.4, -0.2) is 24.5 Å². The second-order valence-electron chi connectivity index (χ2n) is 4.24. The number of rotatable bonds is 1. The van der Waals surface area contributed by atoms with E-state index >= 15 is 0 Å². The Bertz CT molecular complexity index is 310. The monoisotopic (exact) mass is 188 g/mol. The van der Waals surface area contributed by atoms with Crippen molar-refractivity contribution in [1.29, 1.82) is 0 Å².